The summed E-state index contributed by atoms with van der Waals surface area (Å²) in [4.78, 5) is 13.8. The van der Waals surface area contributed by atoms with Crippen LogP contribution in [-0.2, 0) is 20.4 Å². The van der Waals surface area contributed by atoms with Gasteiger partial charge in [0.1, 0.15) is 6.54 Å². The Balaban J connectivity index is 1.31. The molecule has 5 aliphatic heterocycles. The predicted octanol–water partition coefficient (Wildman–Crippen LogP) is 7.64. The van der Waals surface area contributed by atoms with Crippen molar-refractivity contribution < 1.29 is 19.2 Å². The van der Waals surface area contributed by atoms with Crippen LogP contribution >= 0.6 is 0 Å². The van der Waals surface area contributed by atoms with Crippen molar-refractivity contribution >= 4 is 23.1 Å². The summed E-state index contributed by atoms with van der Waals surface area (Å²) in [6, 6.07) is 13.9. The number of ether oxygens (including phenoxy) is 1. The largest absolute Gasteiger partial charge is 0.550 e. The maximum absolute atomic E-state index is 11.3. The van der Waals surface area contributed by atoms with Crippen molar-refractivity contribution in [2.45, 2.75) is 122 Å². The van der Waals surface area contributed by atoms with E-state index in [1.54, 1.807) is 0 Å². The average molecular weight is 631 g/mol. The predicted molar refractivity (Wildman–Crippen MR) is 186 cm³/mol. The third kappa shape index (κ3) is 4.24. The lowest BCUT2D eigenvalue weighted by molar-refractivity contribution is -0.446. The van der Waals surface area contributed by atoms with E-state index in [2.05, 4.69) is 113 Å². The molecule has 0 radical (unpaired) electrons. The number of unbranched alkanes of at least 4 members (excludes halogenated alkanes) is 1. The van der Waals surface area contributed by atoms with Crippen molar-refractivity contribution in [3.63, 3.8) is 0 Å². The maximum Gasteiger partial charge on any atom is 0.209 e. The van der Waals surface area contributed by atoms with Gasteiger partial charge in [-0.15, -0.1) is 0 Å². The number of hydrogen-bond donors (Lipinski definition) is 0. The first kappa shape index (κ1) is 30.9. The molecule has 6 aliphatic rings. The molecule has 5 nitrogen and oxygen atoms in total. The number of nitrogens with zero attached hydrogens (tertiary/aromatic N) is 2. The summed E-state index contributed by atoms with van der Waals surface area (Å²) in [5.41, 5.74) is 13.9. The molecule has 0 bridgehead atoms. The van der Waals surface area contributed by atoms with Gasteiger partial charge in [0.2, 0.25) is 5.69 Å². The third-order valence-electron chi connectivity index (χ3n) is 12.9. The average Bonchev–Trinajstić information content (AvgIpc) is 3.36. The van der Waals surface area contributed by atoms with Crippen LogP contribution in [0.25, 0.3) is 0 Å². The van der Waals surface area contributed by atoms with Gasteiger partial charge >= 0.3 is 0 Å². The number of carbonyl (C=O) groups is 1. The number of rotatable bonds is 5. The highest BCUT2D eigenvalue weighted by atomic mass is 16.5. The van der Waals surface area contributed by atoms with Crippen molar-refractivity contribution in [2.75, 3.05) is 18.0 Å². The molecular formula is C42H50N2O3. The monoisotopic (exact) mass is 630 g/mol. The molecule has 0 spiro atoms. The first-order valence-electron chi connectivity index (χ1n) is 17.8. The molecule has 0 N–H and O–H groups in total. The number of aryl methyl sites for hydroxylation is 2. The Morgan fingerprint density at radius 1 is 0.915 bits per heavy atom. The van der Waals surface area contributed by atoms with Crippen LogP contribution < -0.4 is 10.0 Å². The minimum absolute atomic E-state index is 0.0304. The van der Waals surface area contributed by atoms with Crippen LogP contribution in [0, 0.1) is 19.3 Å². The summed E-state index contributed by atoms with van der Waals surface area (Å²) in [5, 5.41) is 11.3. The summed E-state index contributed by atoms with van der Waals surface area (Å²) in [5.74, 6) is -0.962. The lowest BCUT2D eigenvalue weighted by atomic mass is 9.58. The van der Waals surface area contributed by atoms with E-state index in [4.69, 9.17) is 4.74 Å². The number of anilines is 1. The molecule has 0 aromatic heterocycles. The first-order valence-corrected chi connectivity index (χ1v) is 17.8. The van der Waals surface area contributed by atoms with Crippen LogP contribution in [0.15, 0.2) is 71.0 Å². The molecule has 1 unspecified atom stereocenters. The molecule has 5 heterocycles. The van der Waals surface area contributed by atoms with Gasteiger partial charge in [-0.3, -0.25) is 0 Å². The van der Waals surface area contributed by atoms with Gasteiger partial charge in [-0.1, -0.05) is 42.7 Å². The highest BCUT2D eigenvalue weighted by Gasteiger charge is 2.61. The number of carboxylic acids is 1. The molecule has 5 heteroatoms. The standard InChI is InChI=1S/C42H50N2O3/c1-26-12-14-33-29(21-26)38(3,4)36-31-23-28-24-32-37-40(6,16-10-9-11-35(45)46)30-22-27(2)13-15-34(30)44(37)20-18-41(32,7)47-42(28,8)25-39(31,5)17-19-43(33)36/h12-15,21-24H,9-11,16-20,25H2,1-8H3/t39-,40?,41-,42+/m0/s1. The Bertz CT molecular complexity index is 1890. The molecular weight excluding hydrogens is 580 g/mol. The van der Waals surface area contributed by atoms with Crippen LogP contribution in [0.5, 0.6) is 0 Å². The fraction of sp³-hybridized carbons (Fsp3) is 0.524. The second-order valence-electron chi connectivity index (χ2n) is 17.0. The van der Waals surface area contributed by atoms with E-state index < -0.39 is 11.6 Å². The second kappa shape index (κ2) is 9.81. The van der Waals surface area contributed by atoms with Gasteiger partial charge in [0.25, 0.3) is 0 Å². The zero-order valence-corrected chi connectivity index (χ0v) is 29.6. The molecule has 1 aliphatic carbocycles. The van der Waals surface area contributed by atoms with E-state index in [0.717, 1.165) is 45.2 Å². The van der Waals surface area contributed by atoms with Crippen molar-refractivity contribution in [3.05, 3.63) is 93.2 Å². The molecule has 246 valence electrons. The maximum atomic E-state index is 11.3. The van der Waals surface area contributed by atoms with E-state index in [1.807, 2.05) is 0 Å². The Kier molecular flexibility index (Phi) is 6.44. The summed E-state index contributed by atoms with van der Waals surface area (Å²) in [7, 11) is 0. The second-order valence-corrected chi connectivity index (χ2v) is 17.0. The van der Waals surface area contributed by atoms with Gasteiger partial charge in [0.05, 0.1) is 16.6 Å². The fourth-order valence-electron chi connectivity index (χ4n) is 10.6. The lowest BCUT2D eigenvalue weighted by Gasteiger charge is -2.55. The highest BCUT2D eigenvalue weighted by molar-refractivity contribution is 6.09. The molecule has 2 aromatic carbocycles. The van der Waals surface area contributed by atoms with Gasteiger partial charge in [-0.05, 0) is 116 Å². The summed E-state index contributed by atoms with van der Waals surface area (Å²) >= 11 is 0. The molecule has 47 heavy (non-hydrogen) atoms. The Labute approximate surface area is 280 Å². The topological polar surface area (TPSA) is 55.6 Å². The number of aliphatic carboxylic acids is 1. The summed E-state index contributed by atoms with van der Waals surface area (Å²) < 4.78 is 10.1. The lowest BCUT2D eigenvalue weighted by Crippen LogP contribution is -2.56. The number of allylic oxidation sites excluding steroid dienone is 2. The Morgan fingerprint density at radius 2 is 1.64 bits per heavy atom. The van der Waals surface area contributed by atoms with Crippen LogP contribution in [0.4, 0.5) is 11.4 Å². The number of fused-ring (bicyclic) bond motifs is 9. The van der Waals surface area contributed by atoms with E-state index in [1.165, 1.54) is 61.8 Å². The van der Waals surface area contributed by atoms with Gasteiger partial charge < -0.3 is 19.5 Å². The van der Waals surface area contributed by atoms with Crippen LogP contribution in [0.2, 0.25) is 0 Å². The quantitative estimate of drug-likeness (QED) is 0.252. The zero-order chi connectivity index (χ0) is 33.3. The smallest absolute Gasteiger partial charge is 0.209 e. The van der Waals surface area contributed by atoms with Crippen LogP contribution in [0.3, 0.4) is 0 Å². The highest BCUT2D eigenvalue weighted by Crippen LogP contribution is 2.61. The van der Waals surface area contributed by atoms with E-state index in [0.29, 0.717) is 6.42 Å². The molecule has 0 saturated heterocycles. The minimum atomic E-state index is -0.962. The molecule has 8 rings (SSSR count). The number of benzene rings is 2. The molecule has 2 aromatic rings. The van der Waals surface area contributed by atoms with Gasteiger partial charge in [-0.25, -0.2) is 0 Å². The Hall–Kier alpha value is -3.44. The number of carbonyl (C=O) groups excluding carboxylic acids is 1. The number of hydrogen-bond acceptors (Lipinski definition) is 4. The van der Waals surface area contributed by atoms with E-state index in [-0.39, 0.29) is 28.3 Å². The van der Waals surface area contributed by atoms with E-state index in [9.17, 15) is 9.90 Å². The normalized spacial score (nSPS) is 32.8. The van der Waals surface area contributed by atoms with Crippen molar-refractivity contribution in [1.29, 1.82) is 0 Å². The van der Waals surface area contributed by atoms with Gasteiger partial charge in [0, 0.05) is 63.9 Å². The Morgan fingerprint density at radius 3 is 2.38 bits per heavy atom. The fourth-order valence-corrected chi connectivity index (χ4v) is 10.6. The minimum Gasteiger partial charge on any atom is -0.550 e. The summed E-state index contributed by atoms with van der Waals surface area (Å²) in [6.45, 7) is 20.7. The SMILES string of the molecule is Cc1ccc2c(c1)C(C)(C)C1=[N+]2CC[C@@]2(C)C[C@@]3(C)O[C@@]4(C)CCN5C(=C4C=C3C=C12)C(C)(CCCCC(=O)[O-])c1cc(C)ccc15. The summed E-state index contributed by atoms with van der Waals surface area (Å²) in [6.07, 6.45) is 10.5. The zero-order valence-electron chi connectivity index (χ0n) is 29.6. The first-order chi connectivity index (χ1) is 22.1. The number of carboxylic acid groups (broad SMARTS) is 1. The van der Waals surface area contributed by atoms with Crippen molar-refractivity contribution in [3.8, 4) is 0 Å². The molecule has 4 atom stereocenters. The van der Waals surface area contributed by atoms with Gasteiger partial charge in [-0.2, -0.15) is 4.58 Å². The molecule has 0 amide bonds. The van der Waals surface area contributed by atoms with E-state index >= 15 is 0 Å². The van der Waals surface area contributed by atoms with Crippen LogP contribution in [-0.4, -0.2) is 40.5 Å². The molecule has 0 saturated carbocycles. The third-order valence-corrected chi connectivity index (χ3v) is 12.9. The van der Waals surface area contributed by atoms with Gasteiger partial charge in [0.15, 0.2) is 5.71 Å². The van der Waals surface area contributed by atoms with Crippen molar-refractivity contribution in [2.24, 2.45) is 5.41 Å². The van der Waals surface area contributed by atoms with Crippen molar-refractivity contribution in [1.82, 2.24) is 0 Å². The molecule has 0 fully saturated rings. The van der Waals surface area contributed by atoms with Crippen LogP contribution in [0.1, 0.15) is 109 Å².